The molecule has 1 unspecified atom stereocenters. The molecule has 0 bridgehead atoms. The summed E-state index contributed by atoms with van der Waals surface area (Å²) < 4.78 is 17.6. The number of hydrogen-bond donors (Lipinski definition) is 1. The van der Waals surface area contributed by atoms with E-state index in [1.165, 1.54) is 0 Å². The highest BCUT2D eigenvalue weighted by Gasteiger charge is 2.31. The van der Waals surface area contributed by atoms with E-state index in [4.69, 9.17) is 14.2 Å². The summed E-state index contributed by atoms with van der Waals surface area (Å²) in [6.45, 7) is 10.2. The lowest BCUT2D eigenvalue weighted by atomic mass is 9.93. The van der Waals surface area contributed by atoms with Crippen molar-refractivity contribution in [2.75, 3.05) is 49.6 Å². The third-order valence-electron chi connectivity index (χ3n) is 8.18. The molecule has 1 N–H and O–H groups in total. The molecule has 42 heavy (non-hydrogen) atoms. The van der Waals surface area contributed by atoms with E-state index >= 15 is 0 Å². The predicted molar refractivity (Wildman–Crippen MR) is 160 cm³/mol. The maximum atomic E-state index is 12.4. The van der Waals surface area contributed by atoms with E-state index in [2.05, 4.69) is 42.3 Å². The zero-order chi connectivity index (χ0) is 29.1. The van der Waals surface area contributed by atoms with Crippen molar-refractivity contribution in [2.24, 2.45) is 0 Å². The van der Waals surface area contributed by atoms with E-state index in [-0.39, 0.29) is 18.1 Å². The van der Waals surface area contributed by atoms with Crippen LogP contribution in [0, 0.1) is 0 Å². The molecule has 1 aromatic carbocycles. The minimum atomic E-state index is -0.492. The van der Waals surface area contributed by atoms with Crippen LogP contribution in [-0.4, -0.2) is 88.1 Å². The molecule has 4 heterocycles. The molecule has 3 aliphatic rings. The maximum Gasteiger partial charge on any atom is 0.410 e. The summed E-state index contributed by atoms with van der Waals surface area (Å²) >= 11 is 0. The van der Waals surface area contributed by atoms with Gasteiger partial charge in [0.05, 0.1) is 24.8 Å². The highest BCUT2D eigenvalue weighted by atomic mass is 16.6. The minimum absolute atomic E-state index is 0.117. The highest BCUT2D eigenvalue weighted by molar-refractivity contribution is 5.85. The van der Waals surface area contributed by atoms with Gasteiger partial charge in [-0.25, -0.2) is 19.7 Å². The van der Waals surface area contributed by atoms with Gasteiger partial charge in [-0.05, 0) is 64.5 Å². The molecular formula is C31H41N7O4. The van der Waals surface area contributed by atoms with Crippen LogP contribution in [0.2, 0.25) is 0 Å². The second-order valence-electron chi connectivity index (χ2n) is 12.5. The van der Waals surface area contributed by atoms with Crippen LogP contribution in [0.4, 0.5) is 16.4 Å². The van der Waals surface area contributed by atoms with E-state index < -0.39 is 5.60 Å². The number of morpholine rings is 1. The normalized spacial score (nSPS) is 23.2. The quantitative estimate of drug-likeness (QED) is 0.440. The van der Waals surface area contributed by atoms with Crippen molar-refractivity contribution < 1.29 is 19.0 Å². The molecule has 0 spiro atoms. The third-order valence-corrected chi connectivity index (χ3v) is 8.18. The summed E-state index contributed by atoms with van der Waals surface area (Å²) in [4.78, 5) is 34.9. The topological polar surface area (TPSA) is 115 Å². The van der Waals surface area contributed by atoms with E-state index in [1.54, 1.807) is 17.3 Å². The number of aromatic nitrogens is 4. The van der Waals surface area contributed by atoms with Gasteiger partial charge in [0, 0.05) is 74.7 Å². The van der Waals surface area contributed by atoms with E-state index in [9.17, 15) is 4.79 Å². The molecule has 1 atom stereocenters. The van der Waals surface area contributed by atoms with Crippen LogP contribution in [0.15, 0.2) is 36.9 Å². The second-order valence-corrected chi connectivity index (χ2v) is 12.5. The van der Waals surface area contributed by atoms with Crippen LogP contribution in [0.5, 0.6) is 5.75 Å². The van der Waals surface area contributed by atoms with Crippen LogP contribution in [0.1, 0.15) is 64.4 Å². The molecule has 2 aliphatic heterocycles. The first kappa shape index (κ1) is 28.4. The van der Waals surface area contributed by atoms with Crippen LogP contribution in [-0.2, 0) is 9.47 Å². The number of fused-ring (bicyclic) bond motifs is 1. The Hall–Kier alpha value is -3.73. The fourth-order valence-electron chi connectivity index (χ4n) is 5.96. The minimum Gasteiger partial charge on any atom is -0.488 e. The number of likely N-dealkylation sites (tertiary alicyclic amines) is 1. The van der Waals surface area contributed by atoms with Gasteiger partial charge in [0.1, 0.15) is 16.9 Å². The monoisotopic (exact) mass is 575 g/mol. The van der Waals surface area contributed by atoms with Crippen molar-refractivity contribution >= 4 is 28.8 Å². The number of benzene rings is 1. The number of amides is 1. The second kappa shape index (κ2) is 12.2. The lowest BCUT2D eigenvalue weighted by molar-refractivity contribution is 0.0292. The predicted octanol–water partition coefficient (Wildman–Crippen LogP) is 4.78. The van der Waals surface area contributed by atoms with Gasteiger partial charge in [-0.1, -0.05) is 0 Å². The number of rotatable bonds is 6. The van der Waals surface area contributed by atoms with Crippen molar-refractivity contribution in [3.8, 4) is 5.75 Å². The third kappa shape index (κ3) is 6.83. The number of nitrogens with one attached hydrogen (secondary N) is 1. The Bertz CT molecular complexity index is 1370. The molecule has 224 valence electrons. The van der Waals surface area contributed by atoms with Crippen LogP contribution < -0.4 is 15.0 Å². The Kier molecular flexibility index (Phi) is 8.28. The first-order chi connectivity index (χ1) is 20.3. The molecule has 3 fully saturated rings. The van der Waals surface area contributed by atoms with Gasteiger partial charge in [-0.3, -0.25) is 4.98 Å². The Labute approximate surface area is 247 Å². The summed E-state index contributed by atoms with van der Waals surface area (Å²) in [6.07, 6.45) is 11.8. The summed E-state index contributed by atoms with van der Waals surface area (Å²) in [5.74, 6) is 1.67. The molecule has 1 saturated carbocycles. The lowest BCUT2D eigenvalue weighted by Gasteiger charge is -2.31. The van der Waals surface area contributed by atoms with Gasteiger partial charge >= 0.3 is 6.09 Å². The summed E-state index contributed by atoms with van der Waals surface area (Å²) in [7, 11) is 0. The molecule has 0 radical (unpaired) electrons. The Morgan fingerprint density at radius 1 is 0.952 bits per heavy atom. The molecule has 11 heteroatoms. The molecular weight excluding hydrogens is 534 g/mol. The average Bonchev–Trinajstić information content (AvgIpc) is 3.49. The molecule has 11 nitrogen and oxygen atoms in total. The zero-order valence-corrected chi connectivity index (χ0v) is 24.8. The Morgan fingerprint density at radius 2 is 1.69 bits per heavy atom. The number of hydrogen-bond acceptors (Lipinski definition) is 10. The first-order valence-corrected chi connectivity index (χ1v) is 15.1. The number of anilines is 2. The maximum absolute atomic E-state index is 12.4. The number of nitrogens with zero attached hydrogens (tertiary/aromatic N) is 6. The van der Waals surface area contributed by atoms with Crippen molar-refractivity contribution in [1.29, 1.82) is 0 Å². The van der Waals surface area contributed by atoms with Gasteiger partial charge in [-0.2, -0.15) is 0 Å². The lowest BCUT2D eigenvalue weighted by Crippen LogP contribution is -2.36. The molecule has 6 rings (SSSR count). The number of carbonyl (C=O) groups excluding carboxylic acids is 1. The summed E-state index contributed by atoms with van der Waals surface area (Å²) in [5.41, 5.74) is 3.32. The van der Waals surface area contributed by atoms with Crippen LogP contribution in [0.25, 0.3) is 11.0 Å². The molecule has 2 aromatic heterocycles. The SMILES string of the molecule is CC(C)(C)OC(=O)N1CCC(c2cnc(NC3CCC(Oc4cc(N5CCOCC5)cc5nccnc45)CC3)nc2)C1. The van der Waals surface area contributed by atoms with Gasteiger partial charge < -0.3 is 29.3 Å². The van der Waals surface area contributed by atoms with Crippen molar-refractivity contribution in [3.05, 3.63) is 42.5 Å². The van der Waals surface area contributed by atoms with Crippen molar-refractivity contribution in [2.45, 2.75) is 76.5 Å². The van der Waals surface area contributed by atoms with Gasteiger partial charge in [0.15, 0.2) is 0 Å². The molecule has 1 amide bonds. The largest absolute Gasteiger partial charge is 0.488 e. The van der Waals surface area contributed by atoms with Gasteiger partial charge in [0.2, 0.25) is 5.95 Å². The van der Waals surface area contributed by atoms with Crippen LogP contribution >= 0.6 is 0 Å². The van der Waals surface area contributed by atoms with E-state index in [1.807, 2.05) is 33.2 Å². The Balaban J connectivity index is 1.02. The molecule has 3 aromatic rings. The van der Waals surface area contributed by atoms with E-state index in [0.717, 1.165) is 86.4 Å². The molecule has 2 saturated heterocycles. The smallest absolute Gasteiger partial charge is 0.410 e. The average molecular weight is 576 g/mol. The fraction of sp³-hybridized carbons (Fsp3) is 0.581. The molecule has 1 aliphatic carbocycles. The Morgan fingerprint density at radius 3 is 2.43 bits per heavy atom. The standard InChI is InChI=1S/C31H41N7O4/c1-31(2,3)42-30(39)38-11-8-21(20-38)22-18-34-29(35-19-22)36-23-4-6-25(7-5-23)41-27-17-24(37-12-14-40-15-13-37)16-26-28(27)33-10-9-32-26/h9-10,16-19,21,23,25H,4-8,11-15,20H2,1-3H3,(H,34,35,36). The van der Waals surface area contributed by atoms with E-state index in [0.29, 0.717) is 25.1 Å². The van der Waals surface area contributed by atoms with Crippen LogP contribution in [0.3, 0.4) is 0 Å². The zero-order valence-electron chi connectivity index (χ0n) is 24.8. The summed E-state index contributed by atoms with van der Waals surface area (Å²) in [6, 6.07) is 4.50. The first-order valence-electron chi connectivity index (χ1n) is 15.1. The number of ether oxygens (including phenoxy) is 3. The summed E-state index contributed by atoms with van der Waals surface area (Å²) in [5, 5.41) is 3.51. The fourth-order valence-corrected chi connectivity index (χ4v) is 5.96. The van der Waals surface area contributed by atoms with Gasteiger partial charge in [-0.15, -0.1) is 0 Å². The van der Waals surface area contributed by atoms with Crippen molar-refractivity contribution in [3.63, 3.8) is 0 Å². The van der Waals surface area contributed by atoms with Gasteiger partial charge in [0.25, 0.3) is 0 Å². The number of carbonyl (C=O) groups is 1. The van der Waals surface area contributed by atoms with Crippen molar-refractivity contribution in [1.82, 2.24) is 24.8 Å². The highest BCUT2D eigenvalue weighted by Crippen LogP contribution is 2.33.